The van der Waals surface area contributed by atoms with Gasteiger partial charge in [-0.05, 0) is 47.9 Å². The molecule has 0 unspecified atom stereocenters. The number of hydrogen-bond acceptors (Lipinski definition) is 10. The van der Waals surface area contributed by atoms with Crippen molar-refractivity contribution >= 4 is 45.7 Å². The number of carbonyl (C=O) groups is 2. The number of fused-ring (bicyclic) bond motifs is 1. The zero-order chi connectivity index (χ0) is 30.5. The number of carbonyl (C=O) groups excluding carboxylic acids is 2. The lowest BCUT2D eigenvalue weighted by molar-refractivity contribution is -0.132. The van der Waals surface area contributed by atoms with E-state index in [0.29, 0.717) is 58.3 Å². The van der Waals surface area contributed by atoms with Crippen LogP contribution in [-0.4, -0.2) is 46.8 Å². The van der Waals surface area contributed by atoms with Gasteiger partial charge in [-0.2, -0.15) is 0 Å². The lowest BCUT2D eigenvalue weighted by Crippen LogP contribution is -2.29. The van der Waals surface area contributed by atoms with E-state index in [1.54, 1.807) is 24.3 Å². The summed E-state index contributed by atoms with van der Waals surface area (Å²) < 4.78 is 18.0. The Kier molecular flexibility index (Phi) is 9.13. The summed E-state index contributed by atoms with van der Waals surface area (Å²) in [4.78, 5) is 28.7. The normalized spacial score (nSPS) is 17.2. The van der Waals surface area contributed by atoms with Crippen molar-refractivity contribution in [2.24, 2.45) is 0 Å². The van der Waals surface area contributed by atoms with E-state index in [9.17, 15) is 14.7 Å². The van der Waals surface area contributed by atoms with Crippen molar-refractivity contribution in [1.29, 1.82) is 0 Å². The number of aliphatic hydroxyl groups is 1. The Bertz CT molecular complexity index is 1690. The SMILES string of the molecule is CCCCCOc1cccc([C@H]2/C(=C(\O)c3ccc4c(c3)OCCO4)C(=O)C(=O)N2c2nnc(SCc3ccccc3)s2)c1. The van der Waals surface area contributed by atoms with E-state index in [1.807, 2.05) is 48.5 Å². The number of unbranched alkanes of at least 4 members (excludes halogenated alkanes) is 2. The monoisotopic (exact) mass is 629 g/mol. The average Bonchev–Trinajstić information content (AvgIpc) is 3.63. The standard InChI is InChI=1S/C33H31N3O6S2/c1-2-3-7-15-40-24-12-8-11-22(18-24)28-27(29(37)23-13-14-25-26(19-23)42-17-16-41-25)30(38)31(39)36(28)32-34-35-33(44-32)43-20-21-9-5-4-6-10-21/h4-6,8-14,18-19,28,37H,2-3,7,15-17,20H2,1H3/b29-27+/t28-/m0/s1. The number of aliphatic hydroxyl groups excluding tert-OH is 1. The maximum Gasteiger partial charge on any atom is 0.301 e. The Morgan fingerprint density at radius 1 is 1.00 bits per heavy atom. The number of Topliss-reactive ketones (excluding diaryl/α,β-unsaturated/α-hetero) is 1. The summed E-state index contributed by atoms with van der Waals surface area (Å²) in [5.41, 5.74) is 2.01. The second kappa shape index (κ2) is 13.5. The molecule has 3 heterocycles. The zero-order valence-electron chi connectivity index (χ0n) is 24.1. The first-order chi connectivity index (χ1) is 21.5. The van der Waals surface area contributed by atoms with Crippen molar-refractivity contribution in [2.75, 3.05) is 24.7 Å². The van der Waals surface area contributed by atoms with Crippen LogP contribution in [-0.2, 0) is 15.3 Å². The molecule has 1 amide bonds. The van der Waals surface area contributed by atoms with Crippen LogP contribution in [0.25, 0.3) is 5.76 Å². The molecule has 1 N–H and O–H groups in total. The molecule has 0 radical (unpaired) electrons. The minimum absolute atomic E-state index is 0.0523. The Labute approximate surface area is 263 Å². The van der Waals surface area contributed by atoms with Crippen LogP contribution in [0, 0.1) is 0 Å². The number of nitrogens with zero attached hydrogens (tertiary/aromatic N) is 3. The largest absolute Gasteiger partial charge is 0.507 e. The van der Waals surface area contributed by atoms with Crippen molar-refractivity contribution < 1.29 is 28.9 Å². The molecule has 1 saturated heterocycles. The van der Waals surface area contributed by atoms with Crippen LogP contribution in [0.3, 0.4) is 0 Å². The highest BCUT2D eigenvalue weighted by atomic mass is 32.2. The zero-order valence-corrected chi connectivity index (χ0v) is 25.7. The molecule has 6 rings (SSSR count). The fourth-order valence-corrected chi connectivity index (χ4v) is 6.91. The molecule has 0 bridgehead atoms. The van der Waals surface area contributed by atoms with E-state index < -0.39 is 17.7 Å². The van der Waals surface area contributed by atoms with Crippen LogP contribution in [0.4, 0.5) is 5.13 Å². The summed E-state index contributed by atoms with van der Waals surface area (Å²) in [5.74, 6) is 0.374. The van der Waals surface area contributed by atoms with Gasteiger partial charge in [0.05, 0.1) is 18.2 Å². The molecular weight excluding hydrogens is 599 g/mol. The molecule has 0 aliphatic carbocycles. The number of hydrogen-bond donors (Lipinski definition) is 1. The number of ketones is 1. The van der Waals surface area contributed by atoms with Gasteiger partial charge in [-0.1, -0.05) is 85.3 Å². The second-order valence-electron chi connectivity index (χ2n) is 10.3. The van der Waals surface area contributed by atoms with Crippen molar-refractivity contribution in [3.8, 4) is 17.2 Å². The van der Waals surface area contributed by atoms with Crippen LogP contribution in [0.5, 0.6) is 17.2 Å². The molecular formula is C33H31N3O6S2. The molecule has 2 aliphatic rings. The molecule has 2 aliphatic heterocycles. The van der Waals surface area contributed by atoms with Gasteiger partial charge in [-0.15, -0.1) is 10.2 Å². The predicted octanol–water partition coefficient (Wildman–Crippen LogP) is 6.80. The molecule has 1 aromatic heterocycles. The highest BCUT2D eigenvalue weighted by molar-refractivity contribution is 8.00. The number of rotatable bonds is 11. The first kappa shape index (κ1) is 29.7. The molecule has 1 fully saturated rings. The predicted molar refractivity (Wildman–Crippen MR) is 170 cm³/mol. The van der Waals surface area contributed by atoms with Crippen LogP contribution < -0.4 is 19.1 Å². The lowest BCUT2D eigenvalue weighted by Gasteiger charge is -2.23. The summed E-state index contributed by atoms with van der Waals surface area (Å²) in [6.07, 6.45) is 3.04. The van der Waals surface area contributed by atoms with Crippen molar-refractivity contribution in [3.63, 3.8) is 0 Å². The molecule has 0 saturated carbocycles. The summed E-state index contributed by atoms with van der Waals surface area (Å²) >= 11 is 2.73. The number of thioether (sulfide) groups is 1. The molecule has 9 nitrogen and oxygen atoms in total. The summed E-state index contributed by atoms with van der Waals surface area (Å²) in [5, 5.41) is 20.5. The van der Waals surface area contributed by atoms with Gasteiger partial charge in [0, 0.05) is 11.3 Å². The van der Waals surface area contributed by atoms with Gasteiger partial charge in [0.25, 0.3) is 5.78 Å². The van der Waals surface area contributed by atoms with Gasteiger partial charge in [-0.3, -0.25) is 14.5 Å². The van der Waals surface area contributed by atoms with Crippen LogP contribution in [0.1, 0.15) is 48.9 Å². The third kappa shape index (κ3) is 6.29. The highest BCUT2D eigenvalue weighted by Crippen LogP contribution is 2.45. The Balaban J connectivity index is 1.38. The lowest BCUT2D eigenvalue weighted by atomic mass is 9.95. The molecule has 3 aromatic carbocycles. The Hall–Kier alpha value is -4.35. The van der Waals surface area contributed by atoms with E-state index in [4.69, 9.17) is 14.2 Å². The van der Waals surface area contributed by atoms with Crippen LogP contribution in [0.15, 0.2) is 82.7 Å². The summed E-state index contributed by atoms with van der Waals surface area (Å²) in [7, 11) is 0. The van der Waals surface area contributed by atoms with Crippen LogP contribution >= 0.6 is 23.1 Å². The third-order valence-corrected chi connectivity index (χ3v) is 9.38. The topological polar surface area (TPSA) is 111 Å². The van der Waals surface area contributed by atoms with E-state index in [2.05, 4.69) is 17.1 Å². The number of aromatic nitrogens is 2. The van der Waals surface area contributed by atoms with Crippen molar-refractivity contribution in [2.45, 2.75) is 42.3 Å². The number of ether oxygens (including phenoxy) is 3. The van der Waals surface area contributed by atoms with Gasteiger partial charge < -0.3 is 19.3 Å². The molecule has 1 atom stereocenters. The fraction of sp³-hybridized carbons (Fsp3) is 0.273. The molecule has 4 aromatic rings. The maximum atomic E-state index is 13.7. The Morgan fingerprint density at radius 3 is 2.64 bits per heavy atom. The third-order valence-electron chi connectivity index (χ3n) is 7.26. The number of amides is 1. The first-order valence-electron chi connectivity index (χ1n) is 14.5. The van der Waals surface area contributed by atoms with E-state index in [-0.39, 0.29) is 16.5 Å². The average molecular weight is 630 g/mol. The molecule has 226 valence electrons. The molecule has 11 heteroatoms. The van der Waals surface area contributed by atoms with E-state index >= 15 is 0 Å². The van der Waals surface area contributed by atoms with Crippen molar-refractivity contribution in [3.05, 3.63) is 95.1 Å². The quantitative estimate of drug-likeness (QED) is 0.0478. The van der Waals surface area contributed by atoms with Gasteiger partial charge >= 0.3 is 5.91 Å². The number of anilines is 1. The fourth-order valence-electron chi connectivity index (χ4n) is 5.09. The molecule has 44 heavy (non-hydrogen) atoms. The second-order valence-corrected chi connectivity index (χ2v) is 12.5. The smallest absolute Gasteiger partial charge is 0.301 e. The maximum absolute atomic E-state index is 13.7. The first-order valence-corrected chi connectivity index (χ1v) is 16.3. The molecule has 0 spiro atoms. The van der Waals surface area contributed by atoms with Gasteiger partial charge in [0.15, 0.2) is 15.8 Å². The number of benzene rings is 3. The van der Waals surface area contributed by atoms with E-state index in [0.717, 1.165) is 24.8 Å². The van der Waals surface area contributed by atoms with Crippen molar-refractivity contribution in [1.82, 2.24) is 10.2 Å². The minimum atomic E-state index is -0.956. The Morgan fingerprint density at radius 2 is 1.82 bits per heavy atom. The summed E-state index contributed by atoms with van der Waals surface area (Å²) in [6, 6.07) is 21.2. The van der Waals surface area contributed by atoms with E-state index in [1.165, 1.54) is 28.0 Å². The summed E-state index contributed by atoms with van der Waals surface area (Å²) in [6.45, 7) is 3.47. The highest BCUT2D eigenvalue weighted by Gasteiger charge is 2.48. The van der Waals surface area contributed by atoms with Crippen LogP contribution in [0.2, 0.25) is 0 Å². The van der Waals surface area contributed by atoms with Gasteiger partial charge in [-0.25, -0.2) is 0 Å². The van der Waals surface area contributed by atoms with Gasteiger partial charge in [0.2, 0.25) is 5.13 Å². The van der Waals surface area contributed by atoms with Gasteiger partial charge in [0.1, 0.15) is 24.7 Å². The minimum Gasteiger partial charge on any atom is -0.507 e.